The fourth-order valence-corrected chi connectivity index (χ4v) is 4.43. The van der Waals surface area contributed by atoms with Gasteiger partial charge in [-0.2, -0.15) is 0 Å². The minimum Gasteiger partial charge on any atom is -0.492 e. The van der Waals surface area contributed by atoms with Crippen LogP contribution in [0.2, 0.25) is 0 Å². The van der Waals surface area contributed by atoms with Gasteiger partial charge in [-0.05, 0) is 48.7 Å². The normalized spacial score (nSPS) is 13.5. The zero-order valence-corrected chi connectivity index (χ0v) is 19.7. The number of benzene rings is 3. The van der Waals surface area contributed by atoms with Crippen molar-refractivity contribution in [3.63, 3.8) is 0 Å². The van der Waals surface area contributed by atoms with Crippen LogP contribution in [0.15, 0.2) is 66.7 Å². The van der Waals surface area contributed by atoms with Crippen molar-refractivity contribution in [1.29, 1.82) is 0 Å². The molecule has 35 heavy (non-hydrogen) atoms. The van der Waals surface area contributed by atoms with Crippen LogP contribution in [0.1, 0.15) is 49.9 Å². The van der Waals surface area contributed by atoms with Gasteiger partial charge >= 0.3 is 6.16 Å². The summed E-state index contributed by atoms with van der Waals surface area (Å²) in [5, 5.41) is 12.1. The van der Waals surface area contributed by atoms with Gasteiger partial charge in [0.2, 0.25) is 0 Å². The molecule has 1 amide bonds. The Hall–Kier alpha value is -4.13. The van der Waals surface area contributed by atoms with E-state index in [4.69, 9.17) is 9.47 Å². The molecule has 0 spiro atoms. The van der Waals surface area contributed by atoms with Gasteiger partial charge in [0.25, 0.3) is 5.91 Å². The molecule has 0 aromatic heterocycles. The van der Waals surface area contributed by atoms with Crippen LogP contribution in [0.5, 0.6) is 5.75 Å². The lowest BCUT2D eigenvalue weighted by Gasteiger charge is -2.28. The largest absolute Gasteiger partial charge is 0.507 e. The average Bonchev–Trinajstić information content (AvgIpc) is 3.15. The molecule has 2 N–H and O–H groups in total. The van der Waals surface area contributed by atoms with E-state index in [2.05, 4.69) is 11.4 Å². The highest BCUT2D eigenvalue weighted by Crippen LogP contribution is 2.32. The lowest BCUT2D eigenvalue weighted by molar-refractivity contribution is -0.0299. The summed E-state index contributed by atoms with van der Waals surface area (Å²) in [7, 11) is 0. The van der Waals surface area contributed by atoms with Crippen LogP contribution in [0, 0.1) is 6.92 Å². The lowest BCUT2D eigenvalue weighted by atomic mass is 10.0. The molecule has 4 rings (SSSR count). The van der Waals surface area contributed by atoms with Crippen LogP contribution in [0.25, 0.3) is 0 Å². The number of hydrogen-bond acceptors (Lipinski definition) is 5. The third-order valence-corrected chi connectivity index (χ3v) is 6.05. The summed E-state index contributed by atoms with van der Waals surface area (Å²) in [4.78, 5) is 36.7. The molecule has 0 atom stereocenters. The highest BCUT2D eigenvalue weighted by atomic mass is 16.7. The predicted octanol–water partition coefficient (Wildman–Crippen LogP) is 4.74. The molecule has 0 saturated carbocycles. The second kappa shape index (κ2) is 10.0. The molecule has 7 heteroatoms. The molecule has 0 aliphatic heterocycles. The molecule has 0 unspecified atom stereocenters. The molecule has 0 saturated heterocycles. The van der Waals surface area contributed by atoms with Gasteiger partial charge < -0.3 is 19.9 Å². The first-order valence-corrected chi connectivity index (χ1v) is 11.4. The number of rotatable bonds is 8. The van der Waals surface area contributed by atoms with Gasteiger partial charge in [0.15, 0.2) is 11.5 Å². The van der Waals surface area contributed by atoms with Crippen molar-refractivity contribution in [3.8, 4) is 5.75 Å². The molecule has 0 heterocycles. The monoisotopic (exact) mass is 473 g/mol. The van der Waals surface area contributed by atoms with E-state index in [1.165, 1.54) is 19.1 Å². The number of carbonyl (C=O) groups excluding carboxylic acids is 2. The molecule has 3 aromatic rings. The van der Waals surface area contributed by atoms with Crippen molar-refractivity contribution >= 4 is 17.8 Å². The van der Waals surface area contributed by atoms with Crippen molar-refractivity contribution in [3.05, 3.63) is 100 Å². The molecule has 0 radical (unpaired) electrons. The second-order valence-corrected chi connectivity index (χ2v) is 8.79. The highest BCUT2D eigenvalue weighted by Gasteiger charge is 2.42. The summed E-state index contributed by atoms with van der Waals surface area (Å²) < 4.78 is 11.1. The third kappa shape index (κ3) is 5.69. The van der Waals surface area contributed by atoms with Crippen LogP contribution in [-0.4, -0.2) is 35.3 Å². The van der Waals surface area contributed by atoms with Gasteiger partial charge in [-0.25, -0.2) is 4.79 Å². The molecule has 180 valence electrons. The number of ketones is 1. The molecule has 0 bridgehead atoms. The number of hydrogen-bond donors (Lipinski definition) is 2. The van der Waals surface area contributed by atoms with Gasteiger partial charge in [-0.15, -0.1) is 0 Å². The fourth-order valence-electron chi connectivity index (χ4n) is 4.43. The molecule has 0 fully saturated rings. The van der Waals surface area contributed by atoms with Crippen molar-refractivity contribution in [2.24, 2.45) is 0 Å². The molecular weight excluding hydrogens is 446 g/mol. The Morgan fingerprint density at radius 2 is 1.69 bits per heavy atom. The quantitative estimate of drug-likeness (QED) is 0.278. The highest BCUT2D eigenvalue weighted by molar-refractivity contribution is 6.00. The first-order chi connectivity index (χ1) is 16.7. The predicted molar refractivity (Wildman–Crippen MR) is 130 cm³/mol. The van der Waals surface area contributed by atoms with E-state index in [9.17, 15) is 19.5 Å². The Labute approximate surface area is 203 Å². The van der Waals surface area contributed by atoms with E-state index in [-0.39, 0.29) is 24.2 Å². The summed E-state index contributed by atoms with van der Waals surface area (Å²) in [6, 6.07) is 20.1. The average molecular weight is 474 g/mol. The Kier molecular flexibility index (Phi) is 6.87. The SMILES string of the molecule is CC(=O)c1ccc(C(=O)NC2(OC(=O)O)Cc3ccccc3C2)cc1OCCc1cccc(C)c1. The summed E-state index contributed by atoms with van der Waals surface area (Å²) in [5.74, 6) is -0.391. The number of amides is 1. The third-order valence-electron chi connectivity index (χ3n) is 6.05. The number of aryl methyl sites for hydroxylation is 1. The molecule has 3 aromatic carbocycles. The van der Waals surface area contributed by atoms with E-state index >= 15 is 0 Å². The van der Waals surface area contributed by atoms with Crippen molar-refractivity contribution in [1.82, 2.24) is 5.32 Å². The number of Topliss-reactive ketones (excluding diaryl/α,β-unsaturated/α-hetero) is 1. The molecule has 1 aliphatic carbocycles. The number of ether oxygens (including phenoxy) is 2. The van der Waals surface area contributed by atoms with Crippen LogP contribution < -0.4 is 10.1 Å². The fraction of sp³-hybridized carbons (Fsp3) is 0.250. The molecular formula is C28H27NO6. The Bertz CT molecular complexity index is 1260. The van der Waals surface area contributed by atoms with Crippen molar-refractivity contribution in [2.45, 2.75) is 38.8 Å². The first-order valence-electron chi connectivity index (χ1n) is 11.4. The Balaban J connectivity index is 1.52. The van der Waals surface area contributed by atoms with Gasteiger partial charge in [-0.3, -0.25) is 9.59 Å². The Morgan fingerprint density at radius 3 is 2.31 bits per heavy atom. The minimum atomic E-state index is -1.47. The van der Waals surface area contributed by atoms with Crippen molar-refractivity contribution < 1.29 is 29.0 Å². The summed E-state index contributed by atoms with van der Waals surface area (Å²) in [5.41, 5.74) is 3.30. The molecule has 7 nitrogen and oxygen atoms in total. The standard InChI is InChI=1S/C28H27NO6/c1-18-6-5-7-20(14-18)12-13-34-25-15-21(10-11-24(25)19(2)30)26(31)29-28(35-27(32)33)16-22-8-3-4-9-23(22)17-28/h3-11,14-15H,12-13,16-17H2,1-2H3,(H,29,31)(H,32,33). The summed E-state index contributed by atoms with van der Waals surface area (Å²) in [6.45, 7) is 3.79. The van der Waals surface area contributed by atoms with E-state index in [0.29, 0.717) is 24.3 Å². The maximum Gasteiger partial charge on any atom is 0.507 e. The maximum absolute atomic E-state index is 13.2. The Morgan fingerprint density at radius 1 is 0.971 bits per heavy atom. The number of carbonyl (C=O) groups is 3. The van der Waals surface area contributed by atoms with Crippen LogP contribution in [0.3, 0.4) is 0 Å². The van der Waals surface area contributed by atoms with Crippen LogP contribution in [-0.2, 0) is 24.0 Å². The van der Waals surface area contributed by atoms with Crippen LogP contribution >= 0.6 is 0 Å². The number of nitrogens with one attached hydrogen (secondary N) is 1. The zero-order valence-electron chi connectivity index (χ0n) is 19.7. The topological polar surface area (TPSA) is 102 Å². The van der Waals surface area contributed by atoms with Crippen LogP contribution in [0.4, 0.5) is 4.79 Å². The van der Waals surface area contributed by atoms with Crippen molar-refractivity contribution in [2.75, 3.05) is 6.61 Å². The van der Waals surface area contributed by atoms with E-state index in [0.717, 1.165) is 22.3 Å². The van der Waals surface area contributed by atoms with E-state index < -0.39 is 17.8 Å². The summed E-state index contributed by atoms with van der Waals surface area (Å²) in [6.07, 6.45) is -0.368. The number of fused-ring (bicyclic) bond motifs is 1. The van der Waals surface area contributed by atoms with E-state index in [1.807, 2.05) is 49.4 Å². The van der Waals surface area contributed by atoms with Gasteiger partial charge in [0, 0.05) is 24.8 Å². The van der Waals surface area contributed by atoms with Gasteiger partial charge in [0.05, 0.1) is 12.2 Å². The molecule has 1 aliphatic rings. The second-order valence-electron chi connectivity index (χ2n) is 8.79. The number of carboxylic acid groups (broad SMARTS) is 1. The van der Waals surface area contributed by atoms with Gasteiger partial charge in [0.1, 0.15) is 5.75 Å². The zero-order chi connectivity index (χ0) is 25.0. The smallest absolute Gasteiger partial charge is 0.492 e. The maximum atomic E-state index is 13.2. The van der Waals surface area contributed by atoms with E-state index in [1.54, 1.807) is 6.07 Å². The minimum absolute atomic E-state index is 0.181. The lowest BCUT2D eigenvalue weighted by Crippen LogP contribution is -2.52. The summed E-state index contributed by atoms with van der Waals surface area (Å²) >= 11 is 0. The van der Waals surface area contributed by atoms with Gasteiger partial charge in [-0.1, -0.05) is 54.1 Å². The first kappa shape index (κ1) is 24.0.